The summed E-state index contributed by atoms with van der Waals surface area (Å²) in [6, 6.07) is 3.62. The van der Waals surface area contributed by atoms with Crippen molar-refractivity contribution >= 4 is 34.7 Å². The Kier molecular flexibility index (Phi) is 4.14. The highest BCUT2D eigenvalue weighted by Crippen LogP contribution is 2.28. The molecule has 4 nitrogen and oxygen atoms in total. The fourth-order valence-corrected chi connectivity index (χ4v) is 1.92. The quantitative estimate of drug-likeness (QED) is 0.840. The lowest BCUT2D eigenvalue weighted by Crippen LogP contribution is -2.36. The van der Waals surface area contributed by atoms with Crippen LogP contribution in [0.4, 0.5) is 0 Å². The van der Waals surface area contributed by atoms with Gasteiger partial charge in [-0.1, -0.05) is 23.8 Å². The van der Waals surface area contributed by atoms with Crippen molar-refractivity contribution in [3.63, 3.8) is 0 Å². The van der Waals surface area contributed by atoms with Crippen molar-refractivity contribution in [2.24, 2.45) is 5.73 Å². The number of thiocarbonyl (C=S) groups is 1. The van der Waals surface area contributed by atoms with Gasteiger partial charge in [-0.2, -0.15) is 0 Å². The molecule has 1 saturated carbocycles. The number of nitrogens with zero attached hydrogens (tertiary/aromatic N) is 2. The molecule has 1 aromatic rings. The molecule has 0 unspecified atom stereocenters. The van der Waals surface area contributed by atoms with E-state index in [1.807, 2.05) is 0 Å². The van der Waals surface area contributed by atoms with E-state index in [4.69, 9.17) is 29.6 Å². The first-order valence-electron chi connectivity index (χ1n) is 5.79. The molecule has 1 heterocycles. The second-order valence-corrected chi connectivity index (χ2v) is 5.27. The van der Waals surface area contributed by atoms with Gasteiger partial charge in [0.2, 0.25) is 0 Å². The Bertz CT molecular complexity index is 459. The van der Waals surface area contributed by atoms with Crippen molar-refractivity contribution < 1.29 is 4.79 Å². The summed E-state index contributed by atoms with van der Waals surface area (Å²) in [7, 11) is 0. The van der Waals surface area contributed by atoms with Crippen LogP contribution in [0.25, 0.3) is 0 Å². The second-order valence-electron chi connectivity index (χ2n) is 4.31. The molecule has 0 spiro atoms. The minimum atomic E-state index is -0.0783. The summed E-state index contributed by atoms with van der Waals surface area (Å²) in [5.41, 5.74) is 5.89. The first-order chi connectivity index (χ1) is 8.58. The van der Waals surface area contributed by atoms with Crippen LogP contribution in [-0.4, -0.2) is 33.4 Å². The number of halogens is 1. The lowest BCUT2D eigenvalue weighted by atomic mass is 10.3. The number of carbonyl (C=O) groups excluding carboxylic acids is 1. The maximum absolute atomic E-state index is 12.3. The van der Waals surface area contributed by atoms with Gasteiger partial charge in [-0.05, 0) is 25.0 Å². The van der Waals surface area contributed by atoms with Gasteiger partial charge in [-0.25, -0.2) is 4.98 Å². The van der Waals surface area contributed by atoms with Crippen molar-refractivity contribution in [3.05, 3.63) is 29.0 Å². The Labute approximate surface area is 116 Å². The van der Waals surface area contributed by atoms with Crippen LogP contribution in [-0.2, 0) is 0 Å². The average Bonchev–Trinajstić information content (AvgIpc) is 3.14. The molecule has 1 aliphatic rings. The molecule has 1 aliphatic carbocycles. The highest BCUT2D eigenvalue weighted by Gasteiger charge is 2.33. The standard InChI is InChI=1S/C12H14ClN3OS/c13-8-1-4-10(15-7-8)12(17)16(9-2-3-9)6-5-11(14)18/h1,4,7,9H,2-3,5-6H2,(H2,14,18). The molecule has 1 fully saturated rings. The number of hydrogen-bond donors (Lipinski definition) is 1. The SMILES string of the molecule is NC(=S)CCN(C(=O)c1ccc(Cl)cn1)C1CC1. The van der Waals surface area contributed by atoms with E-state index < -0.39 is 0 Å². The Hall–Kier alpha value is -1.20. The molecule has 0 radical (unpaired) electrons. The van der Waals surface area contributed by atoms with Gasteiger partial charge in [0, 0.05) is 25.2 Å². The smallest absolute Gasteiger partial charge is 0.272 e. The van der Waals surface area contributed by atoms with E-state index in [0.29, 0.717) is 34.7 Å². The molecular weight excluding hydrogens is 270 g/mol. The highest BCUT2D eigenvalue weighted by atomic mass is 35.5. The van der Waals surface area contributed by atoms with E-state index in [-0.39, 0.29) is 5.91 Å². The summed E-state index contributed by atoms with van der Waals surface area (Å²) in [5.74, 6) is -0.0783. The number of amides is 1. The summed E-state index contributed by atoms with van der Waals surface area (Å²) >= 11 is 10.6. The summed E-state index contributed by atoms with van der Waals surface area (Å²) in [6.45, 7) is 0.559. The Morgan fingerprint density at radius 1 is 1.56 bits per heavy atom. The van der Waals surface area contributed by atoms with Crippen LogP contribution < -0.4 is 5.73 Å². The first kappa shape index (κ1) is 13.2. The monoisotopic (exact) mass is 283 g/mol. The van der Waals surface area contributed by atoms with Gasteiger partial charge < -0.3 is 10.6 Å². The molecule has 0 saturated heterocycles. The molecule has 2 N–H and O–H groups in total. The summed E-state index contributed by atoms with van der Waals surface area (Å²) in [4.78, 5) is 18.6. The van der Waals surface area contributed by atoms with Gasteiger partial charge in [0.25, 0.3) is 5.91 Å². The summed E-state index contributed by atoms with van der Waals surface area (Å²) < 4.78 is 0. The normalized spacial score (nSPS) is 14.3. The Balaban J connectivity index is 2.07. The zero-order valence-electron chi connectivity index (χ0n) is 9.80. The van der Waals surface area contributed by atoms with Gasteiger partial charge in [0.15, 0.2) is 0 Å². The Morgan fingerprint density at radius 2 is 2.28 bits per heavy atom. The molecule has 0 aliphatic heterocycles. The van der Waals surface area contributed by atoms with Crippen LogP contribution in [0.3, 0.4) is 0 Å². The first-order valence-corrected chi connectivity index (χ1v) is 6.57. The maximum Gasteiger partial charge on any atom is 0.272 e. The maximum atomic E-state index is 12.3. The molecule has 18 heavy (non-hydrogen) atoms. The van der Waals surface area contributed by atoms with E-state index in [0.717, 1.165) is 12.8 Å². The van der Waals surface area contributed by atoms with Gasteiger partial charge in [-0.15, -0.1) is 0 Å². The number of rotatable bonds is 5. The molecule has 6 heteroatoms. The summed E-state index contributed by atoms with van der Waals surface area (Å²) in [5, 5.41) is 0.521. The molecular formula is C12H14ClN3OS. The molecule has 0 aromatic carbocycles. The highest BCUT2D eigenvalue weighted by molar-refractivity contribution is 7.80. The van der Waals surface area contributed by atoms with Crippen molar-refractivity contribution in [3.8, 4) is 0 Å². The fraction of sp³-hybridized carbons (Fsp3) is 0.417. The molecule has 1 amide bonds. The van der Waals surface area contributed by atoms with Crippen molar-refractivity contribution in [2.45, 2.75) is 25.3 Å². The van der Waals surface area contributed by atoms with Gasteiger partial charge >= 0.3 is 0 Å². The predicted molar refractivity (Wildman–Crippen MR) is 74.7 cm³/mol. The van der Waals surface area contributed by atoms with E-state index in [1.165, 1.54) is 6.20 Å². The van der Waals surface area contributed by atoms with E-state index in [2.05, 4.69) is 4.98 Å². The van der Waals surface area contributed by atoms with Crippen LogP contribution in [0.1, 0.15) is 29.8 Å². The largest absolute Gasteiger partial charge is 0.393 e. The molecule has 2 rings (SSSR count). The third-order valence-corrected chi connectivity index (χ3v) is 3.22. The topological polar surface area (TPSA) is 59.2 Å². The van der Waals surface area contributed by atoms with Crippen LogP contribution in [0, 0.1) is 0 Å². The average molecular weight is 284 g/mol. The minimum absolute atomic E-state index is 0.0783. The minimum Gasteiger partial charge on any atom is -0.393 e. The number of nitrogens with two attached hydrogens (primary N) is 1. The molecule has 1 aromatic heterocycles. The van der Waals surface area contributed by atoms with Crippen molar-refractivity contribution in [2.75, 3.05) is 6.54 Å². The van der Waals surface area contributed by atoms with Crippen molar-refractivity contribution in [1.82, 2.24) is 9.88 Å². The van der Waals surface area contributed by atoms with Crippen LogP contribution >= 0.6 is 23.8 Å². The van der Waals surface area contributed by atoms with Crippen LogP contribution in [0.15, 0.2) is 18.3 Å². The Morgan fingerprint density at radius 3 is 2.78 bits per heavy atom. The van der Waals surface area contributed by atoms with E-state index in [9.17, 15) is 4.79 Å². The van der Waals surface area contributed by atoms with Gasteiger partial charge in [-0.3, -0.25) is 4.79 Å². The number of aromatic nitrogens is 1. The van der Waals surface area contributed by atoms with Gasteiger partial charge in [0.1, 0.15) is 5.69 Å². The van der Waals surface area contributed by atoms with Crippen LogP contribution in [0.2, 0.25) is 5.02 Å². The van der Waals surface area contributed by atoms with E-state index in [1.54, 1.807) is 17.0 Å². The second kappa shape index (κ2) is 5.63. The lowest BCUT2D eigenvalue weighted by Gasteiger charge is -2.21. The number of carbonyl (C=O) groups is 1. The lowest BCUT2D eigenvalue weighted by molar-refractivity contribution is 0.0742. The summed E-state index contributed by atoms with van der Waals surface area (Å²) in [6.07, 6.45) is 4.10. The number of pyridine rings is 1. The molecule has 96 valence electrons. The van der Waals surface area contributed by atoms with Crippen LogP contribution in [0.5, 0.6) is 0 Å². The zero-order chi connectivity index (χ0) is 13.1. The van der Waals surface area contributed by atoms with E-state index >= 15 is 0 Å². The zero-order valence-corrected chi connectivity index (χ0v) is 11.4. The third-order valence-electron chi connectivity index (χ3n) is 2.79. The fourth-order valence-electron chi connectivity index (χ4n) is 1.72. The van der Waals surface area contributed by atoms with Crippen molar-refractivity contribution in [1.29, 1.82) is 0 Å². The molecule has 0 atom stereocenters. The third kappa shape index (κ3) is 3.40. The predicted octanol–water partition coefficient (Wildman–Crippen LogP) is 2.02. The number of hydrogen-bond acceptors (Lipinski definition) is 3. The van der Waals surface area contributed by atoms with Gasteiger partial charge in [0.05, 0.1) is 10.0 Å². The molecule has 0 bridgehead atoms.